The van der Waals surface area contributed by atoms with Crippen LogP contribution in [0.15, 0.2) is 43.0 Å². The van der Waals surface area contributed by atoms with E-state index in [0.29, 0.717) is 0 Å². The number of para-hydroxylation sites is 1. The second-order valence-corrected chi connectivity index (χ2v) is 3.23. The van der Waals surface area contributed by atoms with E-state index in [-0.39, 0.29) is 0 Å². The van der Waals surface area contributed by atoms with E-state index in [1.807, 2.05) is 36.4 Å². The second-order valence-electron chi connectivity index (χ2n) is 2.74. The molecule has 0 aromatic heterocycles. The summed E-state index contributed by atoms with van der Waals surface area (Å²) in [5, 5.41) is 3.16. The van der Waals surface area contributed by atoms with E-state index in [4.69, 9.17) is 12.2 Å². The van der Waals surface area contributed by atoms with Crippen LogP contribution < -0.4 is 5.32 Å². The van der Waals surface area contributed by atoms with Gasteiger partial charge in [0, 0.05) is 12.1 Å². The number of anilines is 1. The molecule has 0 unspecified atom stereocenters. The molecule has 0 aliphatic carbocycles. The van der Waals surface area contributed by atoms with Gasteiger partial charge in [-0.3, -0.25) is 0 Å². The fourth-order valence-corrected chi connectivity index (χ4v) is 1.21. The van der Waals surface area contributed by atoms with Crippen molar-refractivity contribution in [3.8, 4) is 0 Å². The number of allylic oxidation sites excluding steroid dienone is 1. The minimum atomic E-state index is 0.867. The summed E-state index contributed by atoms with van der Waals surface area (Å²) in [7, 11) is 0. The van der Waals surface area contributed by atoms with Crippen molar-refractivity contribution < 1.29 is 0 Å². The van der Waals surface area contributed by atoms with Crippen molar-refractivity contribution in [2.24, 2.45) is 0 Å². The molecule has 0 aliphatic rings. The summed E-state index contributed by atoms with van der Waals surface area (Å²) < 4.78 is 0. The Bertz CT molecular complexity index is 279. The first-order valence-corrected chi connectivity index (χ1v) is 4.69. The number of nitrogens with one attached hydrogen (secondary N) is 1. The van der Waals surface area contributed by atoms with Gasteiger partial charge in [0.05, 0.1) is 4.99 Å². The molecular formula is C11H13NS. The molecule has 0 radical (unpaired) electrons. The smallest absolute Gasteiger partial charge is 0.0800 e. The lowest BCUT2D eigenvalue weighted by Gasteiger charge is -2.05. The molecule has 0 spiro atoms. The van der Waals surface area contributed by atoms with E-state index < -0.39 is 0 Å². The molecule has 1 N–H and O–H groups in total. The van der Waals surface area contributed by atoms with Crippen molar-refractivity contribution in [2.75, 3.05) is 5.32 Å². The number of thiocarbonyl (C=S) groups is 1. The Balaban J connectivity index is 2.41. The van der Waals surface area contributed by atoms with Gasteiger partial charge in [0.25, 0.3) is 0 Å². The average molecular weight is 191 g/mol. The van der Waals surface area contributed by atoms with Crippen LogP contribution in [0.4, 0.5) is 5.69 Å². The van der Waals surface area contributed by atoms with E-state index in [0.717, 1.165) is 23.5 Å². The highest BCUT2D eigenvalue weighted by atomic mass is 32.1. The van der Waals surface area contributed by atoms with E-state index in [2.05, 4.69) is 11.9 Å². The summed E-state index contributed by atoms with van der Waals surface area (Å²) >= 11 is 5.14. The largest absolute Gasteiger partial charge is 0.350 e. The van der Waals surface area contributed by atoms with Gasteiger partial charge in [0.2, 0.25) is 0 Å². The maximum atomic E-state index is 5.14. The van der Waals surface area contributed by atoms with E-state index in [1.165, 1.54) is 0 Å². The quantitative estimate of drug-likeness (QED) is 0.578. The maximum absolute atomic E-state index is 5.14. The summed E-state index contributed by atoms with van der Waals surface area (Å²) in [5.41, 5.74) is 1.05. The third kappa shape index (κ3) is 3.85. The number of hydrogen-bond acceptors (Lipinski definition) is 1. The van der Waals surface area contributed by atoms with Crippen molar-refractivity contribution in [3.63, 3.8) is 0 Å². The van der Waals surface area contributed by atoms with Crippen LogP contribution in [-0.4, -0.2) is 4.99 Å². The van der Waals surface area contributed by atoms with E-state index >= 15 is 0 Å². The van der Waals surface area contributed by atoms with Crippen LogP contribution in [-0.2, 0) is 0 Å². The Kier molecular flexibility index (Phi) is 4.19. The summed E-state index contributed by atoms with van der Waals surface area (Å²) in [4.78, 5) is 0.867. The van der Waals surface area contributed by atoms with Gasteiger partial charge in [-0.2, -0.15) is 0 Å². The predicted molar refractivity (Wildman–Crippen MR) is 62.1 cm³/mol. The normalized spacial score (nSPS) is 9.23. The van der Waals surface area contributed by atoms with Gasteiger partial charge in [-0.1, -0.05) is 36.5 Å². The number of benzene rings is 1. The summed E-state index contributed by atoms with van der Waals surface area (Å²) in [5.74, 6) is 0. The van der Waals surface area contributed by atoms with Gasteiger partial charge in [-0.25, -0.2) is 0 Å². The standard InChI is InChI=1S/C11H13NS/c1-2-3-9-11(13)12-10-7-5-4-6-8-10/h2,4-8H,1,3,9H2,(H,12,13). The minimum Gasteiger partial charge on any atom is -0.350 e. The van der Waals surface area contributed by atoms with Crippen LogP contribution in [0.2, 0.25) is 0 Å². The fourth-order valence-electron chi connectivity index (χ4n) is 0.978. The van der Waals surface area contributed by atoms with Gasteiger partial charge >= 0.3 is 0 Å². The Morgan fingerprint density at radius 2 is 2.08 bits per heavy atom. The molecule has 0 heterocycles. The van der Waals surface area contributed by atoms with Gasteiger partial charge < -0.3 is 5.32 Å². The van der Waals surface area contributed by atoms with Gasteiger partial charge in [-0.05, 0) is 18.6 Å². The first-order valence-electron chi connectivity index (χ1n) is 4.28. The summed E-state index contributed by atoms with van der Waals surface area (Å²) in [6.07, 6.45) is 3.67. The van der Waals surface area contributed by atoms with E-state index in [9.17, 15) is 0 Å². The zero-order valence-corrected chi connectivity index (χ0v) is 8.31. The fraction of sp³-hybridized carbons (Fsp3) is 0.182. The first kappa shape index (κ1) is 9.93. The molecule has 0 saturated heterocycles. The molecule has 0 aliphatic heterocycles. The van der Waals surface area contributed by atoms with Crippen molar-refractivity contribution in [2.45, 2.75) is 12.8 Å². The molecule has 68 valence electrons. The molecule has 0 bridgehead atoms. The average Bonchev–Trinajstić information content (AvgIpc) is 2.16. The zero-order chi connectivity index (χ0) is 9.52. The van der Waals surface area contributed by atoms with Crippen LogP contribution in [0.1, 0.15) is 12.8 Å². The molecule has 2 heteroatoms. The van der Waals surface area contributed by atoms with Crippen LogP contribution in [0.5, 0.6) is 0 Å². The second kappa shape index (κ2) is 5.49. The van der Waals surface area contributed by atoms with Crippen molar-refractivity contribution in [1.29, 1.82) is 0 Å². The van der Waals surface area contributed by atoms with Gasteiger partial charge in [0.1, 0.15) is 0 Å². The third-order valence-corrected chi connectivity index (χ3v) is 1.94. The monoisotopic (exact) mass is 191 g/mol. The predicted octanol–water partition coefficient (Wildman–Crippen LogP) is 3.39. The molecule has 1 nitrogen and oxygen atoms in total. The highest BCUT2D eigenvalue weighted by Gasteiger charge is 1.94. The molecule has 1 aromatic rings. The van der Waals surface area contributed by atoms with Crippen molar-refractivity contribution in [3.05, 3.63) is 43.0 Å². The Morgan fingerprint density at radius 3 is 2.69 bits per heavy atom. The summed E-state index contributed by atoms with van der Waals surface area (Å²) in [6, 6.07) is 9.95. The lowest BCUT2D eigenvalue weighted by Crippen LogP contribution is -2.07. The molecule has 1 aromatic carbocycles. The molecule has 0 amide bonds. The van der Waals surface area contributed by atoms with Crippen LogP contribution in [0.3, 0.4) is 0 Å². The Hall–Kier alpha value is -1.15. The van der Waals surface area contributed by atoms with Gasteiger partial charge in [0.15, 0.2) is 0 Å². The molecule has 1 rings (SSSR count). The van der Waals surface area contributed by atoms with E-state index in [1.54, 1.807) is 0 Å². The topological polar surface area (TPSA) is 12.0 Å². The lowest BCUT2D eigenvalue weighted by atomic mass is 10.3. The first-order chi connectivity index (χ1) is 6.33. The van der Waals surface area contributed by atoms with Crippen LogP contribution >= 0.6 is 12.2 Å². The molecule has 0 atom stereocenters. The van der Waals surface area contributed by atoms with Crippen molar-refractivity contribution in [1.82, 2.24) is 0 Å². The molecular weight excluding hydrogens is 178 g/mol. The number of hydrogen-bond donors (Lipinski definition) is 1. The minimum absolute atomic E-state index is 0.867. The SMILES string of the molecule is C=CCCC(=S)Nc1ccccc1. The highest BCUT2D eigenvalue weighted by molar-refractivity contribution is 7.80. The highest BCUT2D eigenvalue weighted by Crippen LogP contribution is 2.06. The molecule has 0 saturated carbocycles. The summed E-state index contributed by atoms with van der Waals surface area (Å²) in [6.45, 7) is 3.65. The van der Waals surface area contributed by atoms with Crippen molar-refractivity contribution >= 4 is 22.9 Å². The third-order valence-electron chi connectivity index (χ3n) is 1.63. The molecule has 0 fully saturated rings. The lowest BCUT2D eigenvalue weighted by molar-refractivity contribution is 1.11. The Labute approximate surface area is 84.5 Å². The van der Waals surface area contributed by atoms with Gasteiger partial charge in [-0.15, -0.1) is 6.58 Å². The maximum Gasteiger partial charge on any atom is 0.0800 e. The molecule has 13 heavy (non-hydrogen) atoms. The van der Waals surface area contributed by atoms with Crippen LogP contribution in [0.25, 0.3) is 0 Å². The zero-order valence-electron chi connectivity index (χ0n) is 7.49. The van der Waals surface area contributed by atoms with Crippen LogP contribution in [0, 0.1) is 0 Å². The number of rotatable bonds is 4. The Morgan fingerprint density at radius 1 is 1.38 bits per heavy atom.